The molecule has 2 rings (SSSR count). The van der Waals surface area contributed by atoms with Crippen LogP contribution in [0.3, 0.4) is 0 Å². The van der Waals surface area contributed by atoms with Crippen LogP contribution in [0.2, 0.25) is 0 Å². The molecule has 0 fully saturated rings. The van der Waals surface area contributed by atoms with Gasteiger partial charge in [0.05, 0.1) is 9.88 Å². The van der Waals surface area contributed by atoms with Gasteiger partial charge < -0.3 is 5.11 Å². The van der Waals surface area contributed by atoms with Gasteiger partial charge in [0.15, 0.2) is 5.69 Å². The summed E-state index contributed by atoms with van der Waals surface area (Å²) >= 11 is 1.48. The van der Waals surface area contributed by atoms with Crippen LogP contribution in [0.4, 0.5) is 0 Å². The number of nitrogens with zero attached hydrogens (tertiary/aromatic N) is 1. The van der Waals surface area contributed by atoms with E-state index in [2.05, 4.69) is 18.8 Å². The van der Waals surface area contributed by atoms with Gasteiger partial charge in [-0.05, 0) is 12.0 Å². The number of aromatic nitrogens is 1. The lowest BCUT2D eigenvalue weighted by atomic mass is 10.1. The molecule has 0 spiro atoms. The SMILES string of the molecule is CCC(C)c1nc(C(=O)O)c(-c2ccccc2)s1. The molecule has 0 bridgehead atoms. The Morgan fingerprint density at radius 1 is 1.39 bits per heavy atom. The molecule has 0 aliphatic heterocycles. The minimum atomic E-state index is -0.959. The molecule has 4 heteroatoms. The van der Waals surface area contributed by atoms with Crippen LogP contribution in [-0.2, 0) is 0 Å². The number of thiazole rings is 1. The van der Waals surface area contributed by atoms with Crippen LogP contribution in [0.15, 0.2) is 30.3 Å². The molecule has 1 aromatic carbocycles. The quantitative estimate of drug-likeness (QED) is 0.904. The van der Waals surface area contributed by atoms with Crippen molar-refractivity contribution in [2.45, 2.75) is 26.2 Å². The van der Waals surface area contributed by atoms with Gasteiger partial charge in [0, 0.05) is 5.92 Å². The zero-order valence-electron chi connectivity index (χ0n) is 10.4. The lowest BCUT2D eigenvalue weighted by Crippen LogP contribution is -2.00. The van der Waals surface area contributed by atoms with Gasteiger partial charge >= 0.3 is 5.97 Å². The number of carboxylic acid groups (broad SMARTS) is 1. The summed E-state index contributed by atoms with van der Waals surface area (Å²) in [5.74, 6) is -0.662. The van der Waals surface area contributed by atoms with Crippen molar-refractivity contribution in [3.8, 4) is 10.4 Å². The topological polar surface area (TPSA) is 50.2 Å². The molecule has 0 amide bonds. The van der Waals surface area contributed by atoms with Crippen molar-refractivity contribution in [3.05, 3.63) is 41.0 Å². The maximum Gasteiger partial charge on any atom is 0.356 e. The summed E-state index contributed by atoms with van der Waals surface area (Å²) in [6.07, 6.45) is 0.959. The van der Waals surface area contributed by atoms with Gasteiger partial charge in [-0.3, -0.25) is 0 Å². The van der Waals surface area contributed by atoms with Crippen molar-refractivity contribution < 1.29 is 9.90 Å². The largest absolute Gasteiger partial charge is 0.476 e. The lowest BCUT2D eigenvalue weighted by Gasteiger charge is -2.01. The van der Waals surface area contributed by atoms with Crippen molar-refractivity contribution >= 4 is 17.3 Å². The number of hydrogen-bond acceptors (Lipinski definition) is 3. The van der Waals surface area contributed by atoms with Crippen LogP contribution in [-0.4, -0.2) is 16.1 Å². The second-order valence-electron chi connectivity index (χ2n) is 4.21. The number of carbonyl (C=O) groups is 1. The van der Waals surface area contributed by atoms with E-state index in [1.54, 1.807) is 0 Å². The summed E-state index contributed by atoms with van der Waals surface area (Å²) in [6.45, 7) is 4.15. The molecule has 0 saturated carbocycles. The van der Waals surface area contributed by atoms with Gasteiger partial charge in [0.2, 0.25) is 0 Å². The average Bonchev–Trinajstić information content (AvgIpc) is 2.84. The monoisotopic (exact) mass is 261 g/mol. The van der Waals surface area contributed by atoms with E-state index in [1.165, 1.54) is 11.3 Å². The third-order valence-electron chi connectivity index (χ3n) is 2.92. The van der Waals surface area contributed by atoms with Crippen molar-refractivity contribution in [2.24, 2.45) is 0 Å². The highest BCUT2D eigenvalue weighted by Gasteiger charge is 2.20. The van der Waals surface area contributed by atoms with E-state index in [4.69, 9.17) is 0 Å². The molecule has 2 aromatic rings. The summed E-state index contributed by atoms with van der Waals surface area (Å²) in [6, 6.07) is 9.56. The van der Waals surface area contributed by atoms with E-state index in [0.29, 0.717) is 5.92 Å². The van der Waals surface area contributed by atoms with E-state index in [9.17, 15) is 9.90 Å². The molecular formula is C14H15NO2S. The van der Waals surface area contributed by atoms with Gasteiger partial charge in [-0.15, -0.1) is 11.3 Å². The minimum absolute atomic E-state index is 0.168. The summed E-state index contributed by atoms with van der Waals surface area (Å²) in [7, 11) is 0. The first-order valence-corrected chi connectivity index (χ1v) is 6.74. The minimum Gasteiger partial charge on any atom is -0.476 e. The first-order valence-electron chi connectivity index (χ1n) is 5.93. The first-order chi connectivity index (χ1) is 8.63. The van der Waals surface area contributed by atoms with Gasteiger partial charge in [-0.25, -0.2) is 9.78 Å². The fourth-order valence-electron chi connectivity index (χ4n) is 1.65. The molecule has 1 N–H and O–H groups in total. The van der Waals surface area contributed by atoms with E-state index in [1.807, 2.05) is 30.3 Å². The molecule has 1 heterocycles. The summed E-state index contributed by atoms with van der Waals surface area (Å²) < 4.78 is 0. The van der Waals surface area contributed by atoms with Crippen molar-refractivity contribution in [3.63, 3.8) is 0 Å². The van der Waals surface area contributed by atoms with E-state index < -0.39 is 5.97 Å². The number of aromatic carboxylic acids is 1. The van der Waals surface area contributed by atoms with Crippen LogP contribution >= 0.6 is 11.3 Å². The summed E-state index contributed by atoms with van der Waals surface area (Å²) in [5, 5.41) is 10.1. The summed E-state index contributed by atoms with van der Waals surface area (Å²) in [4.78, 5) is 16.3. The fourth-order valence-corrected chi connectivity index (χ4v) is 2.85. The third-order valence-corrected chi connectivity index (χ3v) is 4.25. The molecule has 18 heavy (non-hydrogen) atoms. The Kier molecular flexibility index (Phi) is 3.77. The Labute approximate surface area is 110 Å². The summed E-state index contributed by atoms with van der Waals surface area (Å²) in [5.41, 5.74) is 1.09. The number of hydrogen-bond donors (Lipinski definition) is 1. The van der Waals surface area contributed by atoms with E-state index in [0.717, 1.165) is 21.9 Å². The van der Waals surface area contributed by atoms with Gasteiger partial charge in [0.1, 0.15) is 0 Å². The number of rotatable bonds is 4. The Balaban J connectivity index is 2.52. The lowest BCUT2D eigenvalue weighted by molar-refractivity contribution is 0.0692. The highest BCUT2D eigenvalue weighted by molar-refractivity contribution is 7.15. The Hall–Kier alpha value is -1.68. The number of benzene rings is 1. The normalized spacial score (nSPS) is 12.3. The molecule has 1 aromatic heterocycles. The van der Waals surface area contributed by atoms with Crippen molar-refractivity contribution in [1.29, 1.82) is 0 Å². The molecule has 94 valence electrons. The van der Waals surface area contributed by atoms with E-state index >= 15 is 0 Å². The van der Waals surface area contributed by atoms with Crippen LogP contribution < -0.4 is 0 Å². The smallest absolute Gasteiger partial charge is 0.356 e. The fraction of sp³-hybridized carbons (Fsp3) is 0.286. The molecule has 0 saturated heterocycles. The molecule has 1 unspecified atom stereocenters. The highest BCUT2D eigenvalue weighted by atomic mass is 32.1. The Morgan fingerprint density at radius 3 is 2.61 bits per heavy atom. The molecule has 1 atom stereocenters. The zero-order valence-corrected chi connectivity index (χ0v) is 11.2. The average molecular weight is 261 g/mol. The van der Waals surface area contributed by atoms with Gasteiger partial charge in [0.25, 0.3) is 0 Å². The second kappa shape index (κ2) is 5.31. The third kappa shape index (κ3) is 2.43. The van der Waals surface area contributed by atoms with E-state index in [-0.39, 0.29) is 5.69 Å². The Bertz CT molecular complexity index is 548. The predicted molar refractivity (Wildman–Crippen MR) is 73.2 cm³/mol. The van der Waals surface area contributed by atoms with Gasteiger partial charge in [-0.1, -0.05) is 44.2 Å². The Morgan fingerprint density at radius 2 is 2.06 bits per heavy atom. The molecule has 0 aliphatic rings. The molecule has 3 nitrogen and oxygen atoms in total. The standard InChI is InChI=1S/C14H15NO2S/c1-3-9(2)13-15-11(14(16)17)12(18-13)10-7-5-4-6-8-10/h4-9H,3H2,1-2H3,(H,16,17). The molecule has 0 aliphatic carbocycles. The van der Waals surface area contributed by atoms with Crippen LogP contribution in [0.5, 0.6) is 0 Å². The zero-order chi connectivity index (χ0) is 13.1. The maximum absolute atomic E-state index is 11.3. The van der Waals surface area contributed by atoms with Crippen LogP contribution in [0, 0.1) is 0 Å². The number of carboxylic acids is 1. The predicted octanol–water partition coefficient (Wildman–Crippen LogP) is 4.02. The molecule has 0 radical (unpaired) electrons. The van der Waals surface area contributed by atoms with Gasteiger partial charge in [-0.2, -0.15) is 0 Å². The van der Waals surface area contributed by atoms with Crippen molar-refractivity contribution in [2.75, 3.05) is 0 Å². The molecular weight excluding hydrogens is 246 g/mol. The van der Waals surface area contributed by atoms with Crippen molar-refractivity contribution in [1.82, 2.24) is 4.98 Å². The second-order valence-corrected chi connectivity index (χ2v) is 5.24. The van der Waals surface area contributed by atoms with Crippen LogP contribution in [0.25, 0.3) is 10.4 Å². The maximum atomic E-state index is 11.3. The highest BCUT2D eigenvalue weighted by Crippen LogP contribution is 2.34. The van der Waals surface area contributed by atoms with Crippen LogP contribution in [0.1, 0.15) is 41.7 Å². The first kappa shape index (κ1) is 12.8.